The second kappa shape index (κ2) is 27.1. The van der Waals surface area contributed by atoms with E-state index in [2.05, 4.69) is 11.9 Å². The molecule has 0 saturated carbocycles. The molecular weight excluding hydrogens is 810 g/mol. The zero-order valence-corrected chi connectivity index (χ0v) is 34.6. The van der Waals surface area contributed by atoms with E-state index in [0.717, 1.165) is 54.5 Å². The van der Waals surface area contributed by atoms with Crippen LogP contribution in [0.3, 0.4) is 0 Å². The van der Waals surface area contributed by atoms with Crippen LogP contribution in [0.1, 0.15) is 48.5 Å². The molecule has 10 atom stereocenters. The molecule has 60 heavy (non-hydrogen) atoms. The molecule has 340 valence electrons. The van der Waals surface area contributed by atoms with Crippen molar-refractivity contribution in [3.8, 4) is 0 Å². The summed E-state index contributed by atoms with van der Waals surface area (Å²) in [7, 11) is 0. The van der Waals surface area contributed by atoms with E-state index in [1.54, 1.807) is 0 Å². The molecule has 23 heteroatoms. The van der Waals surface area contributed by atoms with E-state index in [0.29, 0.717) is 6.54 Å². The normalized spacial score (nSPS) is 26.1. The Morgan fingerprint density at radius 2 is 0.867 bits per heavy atom. The number of amides is 1. The third-order valence-electron chi connectivity index (χ3n) is 7.87. The van der Waals surface area contributed by atoms with E-state index >= 15 is 0 Å². The quantitative estimate of drug-likeness (QED) is 0.0497. The fourth-order valence-corrected chi connectivity index (χ4v) is 5.69. The largest absolute Gasteiger partial charge is 0.463 e. The molecule has 2 heterocycles. The fourth-order valence-electron chi connectivity index (χ4n) is 5.69. The van der Waals surface area contributed by atoms with Crippen molar-refractivity contribution in [3.05, 3.63) is 12.7 Å². The molecule has 1 N–H and O–H groups in total. The summed E-state index contributed by atoms with van der Waals surface area (Å²) in [5.74, 6) is -6.29. The lowest BCUT2D eigenvalue weighted by atomic mass is 9.96. The number of ether oxygens (including phenoxy) is 14. The Morgan fingerprint density at radius 1 is 0.483 bits per heavy atom. The van der Waals surface area contributed by atoms with Gasteiger partial charge in [0.05, 0.1) is 46.2 Å². The summed E-state index contributed by atoms with van der Waals surface area (Å²) in [5.41, 5.74) is 0. The molecule has 2 saturated heterocycles. The van der Waals surface area contributed by atoms with Gasteiger partial charge in [0.2, 0.25) is 5.91 Å². The molecule has 2 aliphatic rings. The van der Waals surface area contributed by atoms with Gasteiger partial charge < -0.3 is 71.6 Å². The van der Waals surface area contributed by atoms with Gasteiger partial charge in [0, 0.05) is 55.0 Å². The number of nitrogens with one attached hydrogen (secondary N) is 1. The minimum Gasteiger partial charge on any atom is -0.463 e. The number of carbonyl (C=O) groups is 8. The van der Waals surface area contributed by atoms with E-state index in [1.165, 1.54) is 0 Å². The average molecular weight is 866 g/mol. The topological polar surface area (TPSA) is 278 Å². The van der Waals surface area contributed by atoms with E-state index in [4.69, 9.17) is 66.3 Å². The van der Waals surface area contributed by atoms with Gasteiger partial charge in [-0.1, -0.05) is 6.58 Å². The summed E-state index contributed by atoms with van der Waals surface area (Å²) >= 11 is 0. The Labute approximate surface area is 346 Å². The Balaban J connectivity index is 2.35. The SMILES string of the molecule is C=CC(=O)NCCOCCOCCOCCO[C@@H]1O[C@H](COC(C)=O)[C@@H](O[C@@H]2O[C@H](COC(C)=O)[C@H](OC(C)=O)[C@H](OC(C)=O)[C@H]2OC(C)=O)[C@H](OC(C)=O)[C@H]1OC(C)=O. The van der Waals surface area contributed by atoms with Gasteiger partial charge in [-0.2, -0.15) is 0 Å². The first-order chi connectivity index (χ1) is 28.4. The van der Waals surface area contributed by atoms with Crippen LogP contribution in [-0.2, 0) is 105 Å². The predicted molar refractivity (Wildman–Crippen MR) is 195 cm³/mol. The maximum atomic E-state index is 12.6. The maximum absolute atomic E-state index is 12.6. The molecule has 0 bridgehead atoms. The molecular formula is C37H55NO22. The lowest BCUT2D eigenvalue weighted by Crippen LogP contribution is -2.67. The maximum Gasteiger partial charge on any atom is 0.303 e. The number of carbonyl (C=O) groups excluding carboxylic acids is 8. The van der Waals surface area contributed by atoms with Crippen molar-refractivity contribution in [3.63, 3.8) is 0 Å². The van der Waals surface area contributed by atoms with E-state index in [9.17, 15) is 38.4 Å². The Hall–Kier alpha value is -4.78. The first-order valence-corrected chi connectivity index (χ1v) is 18.8. The Bertz CT molecular complexity index is 1460. The summed E-state index contributed by atoms with van der Waals surface area (Å²) in [6.45, 7) is 10.9. The van der Waals surface area contributed by atoms with Crippen molar-refractivity contribution in [2.75, 3.05) is 66.0 Å². The number of hydrogen-bond acceptors (Lipinski definition) is 22. The second-order valence-corrected chi connectivity index (χ2v) is 12.9. The van der Waals surface area contributed by atoms with Crippen molar-refractivity contribution in [2.45, 2.75) is 110 Å². The second-order valence-electron chi connectivity index (χ2n) is 12.9. The van der Waals surface area contributed by atoms with E-state index < -0.39 is 116 Å². The first-order valence-electron chi connectivity index (χ1n) is 18.8. The van der Waals surface area contributed by atoms with Gasteiger partial charge >= 0.3 is 41.8 Å². The van der Waals surface area contributed by atoms with Crippen molar-refractivity contribution in [1.29, 1.82) is 0 Å². The van der Waals surface area contributed by atoms with Crippen LogP contribution in [0.15, 0.2) is 12.7 Å². The van der Waals surface area contributed by atoms with Crippen LogP contribution in [-0.4, -0.2) is 175 Å². The van der Waals surface area contributed by atoms with Gasteiger partial charge in [0.1, 0.15) is 31.5 Å². The zero-order valence-electron chi connectivity index (χ0n) is 34.6. The molecule has 0 aromatic heterocycles. The van der Waals surface area contributed by atoms with Gasteiger partial charge in [0.25, 0.3) is 0 Å². The van der Waals surface area contributed by atoms with Crippen LogP contribution < -0.4 is 5.32 Å². The predicted octanol–water partition coefficient (Wildman–Crippen LogP) is -1.03. The van der Waals surface area contributed by atoms with Crippen molar-refractivity contribution in [1.82, 2.24) is 5.32 Å². The zero-order chi connectivity index (χ0) is 44.8. The average Bonchev–Trinajstić information content (AvgIpc) is 3.15. The third-order valence-corrected chi connectivity index (χ3v) is 7.87. The summed E-state index contributed by atoms with van der Waals surface area (Å²) in [4.78, 5) is 97.0. The van der Waals surface area contributed by atoms with Crippen molar-refractivity contribution < 1.29 is 105 Å². The van der Waals surface area contributed by atoms with Gasteiger partial charge in [-0.15, -0.1) is 0 Å². The molecule has 0 spiro atoms. The molecule has 0 radical (unpaired) electrons. The Morgan fingerprint density at radius 3 is 1.33 bits per heavy atom. The van der Waals surface area contributed by atoms with E-state index in [-0.39, 0.29) is 52.2 Å². The minimum absolute atomic E-state index is 0.0208. The number of rotatable bonds is 25. The molecule has 1 amide bonds. The van der Waals surface area contributed by atoms with Gasteiger partial charge in [-0.25, -0.2) is 0 Å². The highest BCUT2D eigenvalue weighted by molar-refractivity contribution is 5.86. The van der Waals surface area contributed by atoms with Crippen LogP contribution in [0.4, 0.5) is 0 Å². The molecule has 2 aliphatic heterocycles. The fraction of sp³-hybridized carbons (Fsp3) is 0.730. The molecule has 23 nitrogen and oxygen atoms in total. The summed E-state index contributed by atoms with van der Waals surface area (Å²) in [5, 5.41) is 2.57. The van der Waals surface area contributed by atoms with Crippen LogP contribution in [0, 0.1) is 0 Å². The third kappa shape index (κ3) is 19.1. The smallest absolute Gasteiger partial charge is 0.303 e. The molecule has 0 unspecified atom stereocenters. The number of esters is 7. The van der Waals surface area contributed by atoms with Crippen LogP contribution >= 0.6 is 0 Å². The number of hydrogen-bond donors (Lipinski definition) is 1. The highest BCUT2D eigenvalue weighted by atomic mass is 16.8. The highest BCUT2D eigenvalue weighted by Crippen LogP contribution is 2.35. The lowest BCUT2D eigenvalue weighted by molar-refractivity contribution is -0.361. The molecule has 0 aromatic carbocycles. The van der Waals surface area contributed by atoms with Crippen LogP contribution in [0.25, 0.3) is 0 Å². The van der Waals surface area contributed by atoms with Crippen LogP contribution in [0.5, 0.6) is 0 Å². The monoisotopic (exact) mass is 865 g/mol. The summed E-state index contributed by atoms with van der Waals surface area (Å²) in [6.07, 6.45) is -14.7. The minimum atomic E-state index is -1.82. The van der Waals surface area contributed by atoms with Crippen LogP contribution in [0.2, 0.25) is 0 Å². The standard InChI is InChI=1S/C37H55NO22/c1-9-29(46)38-10-11-47-12-13-48-14-15-49-16-17-50-36-34(56-25(7)44)33(55-24(6)43)31(28(58-36)19-52-21(3)40)60-37-35(57-26(8)45)32(54-23(5)42)30(53-22(4)41)27(59-37)18-51-20(2)39/h9,27-28,30-37H,1,10-19H2,2-8H3,(H,38,46)/t27-,28-,30+,31-,32+,33+,34-,35-,36-,37+/m1/s1. The summed E-state index contributed by atoms with van der Waals surface area (Å²) in [6, 6.07) is 0. The molecule has 0 aromatic rings. The van der Waals surface area contributed by atoms with Gasteiger partial charge in [-0.05, 0) is 6.08 Å². The van der Waals surface area contributed by atoms with E-state index in [1.807, 2.05) is 0 Å². The highest BCUT2D eigenvalue weighted by Gasteiger charge is 2.57. The molecule has 2 rings (SSSR count). The first kappa shape index (κ1) is 51.4. The van der Waals surface area contributed by atoms with Crippen molar-refractivity contribution >= 4 is 47.7 Å². The van der Waals surface area contributed by atoms with Crippen molar-refractivity contribution in [2.24, 2.45) is 0 Å². The molecule has 0 aliphatic carbocycles. The van der Waals surface area contributed by atoms with Gasteiger partial charge in [0.15, 0.2) is 43.1 Å². The Kier molecular flexibility index (Phi) is 23.2. The molecule has 2 fully saturated rings. The van der Waals surface area contributed by atoms with Gasteiger partial charge in [-0.3, -0.25) is 38.4 Å². The lowest BCUT2D eigenvalue weighted by Gasteiger charge is -2.48. The summed E-state index contributed by atoms with van der Waals surface area (Å²) < 4.78 is 78.6.